The van der Waals surface area contributed by atoms with Crippen LogP contribution < -0.4 is 9.47 Å². The summed E-state index contributed by atoms with van der Waals surface area (Å²) in [6.07, 6.45) is -3.61. The van der Waals surface area contributed by atoms with E-state index >= 15 is 0 Å². The van der Waals surface area contributed by atoms with Crippen LogP contribution in [0.25, 0.3) is 5.57 Å². The van der Waals surface area contributed by atoms with Crippen molar-refractivity contribution in [3.63, 3.8) is 0 Å². The van der Waals surface area contributed by atoms with Crippen LogP contribution in [-0.4, -0.2) is 49.3 Å². The maximum absolute atomic E-state index is 13.1. The van der Waals surface area contributed by atoms with E-state index in [-0.39, 0.29) is 6.61 Å². The average Bonchev–Trinajstić information content (AvgIpc) is 2.88. The van der Waals surface area contributed by atoms with Crippen molar-refractivity contribution in [2.24, 2.45) is 0 Å². The van der Waals surface area contributed by atoms with Crippen LogP contribution in [-0.2, 0) is 11.0 Å². The second kappa shape index (κ2) is 13.0. The largest absolute Gasteiger partial charge is 0.489 e. The first-order valence-electron chi connectivity index (χ1n) is 12.2. The lowest BCUT2D eigenvalue weighted by molar-refractivity contribution is -0.144. The van der Waals surface area contributed by atoms with Crippen LogP contribution in [0.3, 0.4) is 0 Å². The molecule has 3 rings (SSSR count). The number of ether oxygens (including phenoxy) is 2. The summed E-state index contributed by atoms with van der Waals surface area (Å²) in [7, 11) is 3.87. The summed E-state index contributed by atoms with van der Waals surface area (Å²) in [4.78, 5) is 13.0. The molecule has 8 heteroatoms. The molecule has 0 aliphatic heterocycles. The van der Waals surface area contributed by atoms with Crippen LogP contribution in [0.2, 0.25) is 0 Å². The number of rotatable bonds is 9. The number of hydrogen-bond donors (Lipinski definition) is 1. The van der Waals surface area contributed by atoms with Crippen LogP contribution >= 0.6 is 0 Å². The molecular weight excluding hydrogens is 507 g/mol. The number of benzene rings is 3. The van der Waals surface area contributed by atoms with E-state index in [1.54, 1.807) is 25.1 Å². The maximum atomic E-state index is 13.1. The molecule has 0 spiro atoms. The lowest BCUT2D eigenvalue weighted by Gasteiger charge is -2.14. The molecule has 0 heterocycles. The summed E-state index contributed by atoms with van der Waals surface area (Å²) < 4.78 is 50.7. The smallest absolute Gasteiger partial charge is 0.416 e. The molecule has 1 atom stereocenters. The van der Waals surface area contributed by atoms with Gasteiger partial charge < -0.3 is 14.6 Å². The van der Waals surface area contributed by atoms with Crippen LogP contribution in [0.1, 0.15) is 34.7 Å². The first kappa shape index (κ1) is 29.3. The molecule has 1 unspecified atom stereocenters. The SMILES string of the molecule is Cc1cc(OCC=C(c2ccc(C#CCN(C)C)cc2)c2ccc(C(F)(F)F)cc2)ccc1OC(C)C(=O)O. The van der Waals surface area contributed by atoms with E-state index in [9.17, 15) is 18.0 Å². The second-order valence-electron chi connectivity index (χ2n) is 9.15. The van der Waals surface area contributed by atoms with Gasteiger partial charge >= 0.3 is 12.1 Å². The van der Waals surface area contributed by atoms with Crippen molar-refractivity contribution in [2.45, 2.75) is 26.1 Å². The summed E-state index contributed by atoms with van der Waals surface area (Å²) in [5.74, 6) is 6.08. The monoisotopic (exact) mass is 537 g/mol. The lowest BCUT2D eigenvalue weighted by Crippen LogP contribution is -2.23. The molecule has 0 aliphatic rings. The van der Waals surface area contributed by atoms with Gasteiger partial charge in [0.2, 0.25) is 0 Å². The van der Waals surface area contributed by atoms with E-state index in [2.05, 4.69) is 11.8 Å². The zero-order valence-corrected chi connectivity index (χ0v) is 22.2. The predicted molar refractivity (Wildman–Crippen MR) is 145 cm³/mol. The van der Waals surface area contributed by atoms with Gasteiger partial charge in [0.15, 0.2) is 6.10 Å². The number of nitrogens with zero attached hydrogens (tertiary/aromatic N) is 1. The van der Waals surface area contributed by atoms with E-state index in [0.29, 0.717) is 34.7 Å². The molecule has 39 heavy (non-hydrogen) atoms. The number of halogens is 3. The molecule has 0 amide bonds. The highest BCUT2D eigenvalue weighted by molar-refractivity contribution is 5.80. The van der Waals surface area contributed by atoms with Gasteiger partial charge in [0.1, 0.15) is 18.1 Å². The molecule has 0 aromatic heterocycles. The van der Waals surface area contributed by atoms with E-state index < -0.39 is 23.8 Å². The van der Waals surface area contributed by atoms with Gasteiger partial charge in [-0.25, -0.2) is 4.79 Å². The van der Waals surface area contributed by atoms with Gasteiger partial charge in [-0.2, -0.15) is 13.2 Å². The number of carbonyl (C=O) groups is 1. The second-order valence-corrected chi connectivity index (χ2v) is 9.15. The Morgan fingerprint density at radius 3 is 2.18 bits per heavy atom. The highest BCUT2D eigenvalue weighted by Gasteiger charge is 2.30. The summed E-state index contributed by atoms with van der Waals surface area (Å²) in [5, 5.41) is 9.05. The maximum Gasteiger partial charge on any atom is 0.416 e. The third-order valence-electron chi connectivity index (χ3n) is 5.68. The van der Waals surface area contributed by atoms with Gasteiger partial charge in [-0.05, 0) is 98.7 Å². The van der Waals surface area contributed by atoms with Crippen molar-refractivity contribution in [3.8, 4) is 23.3 Å². The third-order valence-corrected chi connectivity index (χ3v) is 5.68. The minimum absolute atomic E-state index is 0.145. The van der Waals surface area contributed by atoms with Crippen molar-refractivity contribution in [1.82, 2.24) is 4.90 Å². The molecule has 0 saturated heterocycles. The van der Waals surface area contributed by atoms with Crippen molar-refractivity contribution >= 4 is 11.5 Å². The Balaban J connectivity index is 1.84. The minimum Gasteiger partial charge on any atom is -0.489 e. The first-order valence-corrected chi connectivity index (χ1v) is 12.2. The highest BCUT2D eigenvalue weighted by atomic mass is 19.4. The standard InChI is InChI=1S/C31H30F3NO4/c1-21-20-27(15-16-29(21)39-22(2)30(36)37)38-19-17-28(25-11-13-26(14-12-25)31(32,33)34)24-9-7-23(8-10-24)6-5-18-35(3)4/h7-17,20,22H,18-19H2,1-4H3,(H,36,37). The fourth-order valence-corrected chi connectivity index (χ4v) is 3.58. The Kier molecular flexibility index (Phi) is 9.80. The van der Waals surface area contributed by atoms with Crippen molar-refractivity contribution in [2.75, 3.05) is 27.2 Å². The van der Waals surface area contributed by atoms with Gasteiger partial charge in [0.05, 0.1) is 12.1 Å². The Morgan fingerprint density at radius 2 is 1.64 bits per heavy atom. The normalized spacial score (nSPS) is 12.5. The fourth-order valence-electron chi connectivity index (χ4n) is 3.58. The quantitative estimate of drug-likeness (QED) is 0.325. The molecule has 3 aromatic rings. The van der Waals surface area contributed by atoms with Gasteiger partial charge in [-0.3, -0.25) is 4.90 Å². The summed E-state index contributed by atoms with van der Waals surface area (Å²) in [6.45, 7) is 4.00. The van der Waals surface area contributed by atoms with E-state index in [0.717, 1.165) is 23.3 Å². The Hall–Kier alpha value is -4.22. The number of aryl methyl sites for hydroxylation is 1. The zero-order valence-electron chi connectivity index (χ0n) is 22.2. The number of aliphatic carboxylic acids is 1. The molecular formula is C31H30F3NO4. The summed E-state index contributed by atoms with van der Waals surface area (Å²) in [5.41, 5.74) is 2.95. The van der Waals surface area contributed by atoms with Gasteiger partial charge in [0.25, 0.3) is 0 Å². The highest BCUT2D eigenvalue weighted by Crippen LogP contribution is 2.32. The average molecular weight is 538 g/mol. The van der Waals surface area contributed by atoms with Gasteiger partial charge in [-0.15, -0.1) is 0 Å². The predicted octanol–water partition coefficient (Wildman–Crippen LogP) is 6.29. The topological polar surface area (TPSA) is 59.0 Å². The number of alkyl halides is 3. The van der Waals surface area contributed by atoms with Crippen LogP contribution in [0.15, 0.2) is 72.8 Å². The molecule has 0 saturated carbocycles. The Bertz CT molecular complexity index is 1370. The molecule has 204 valence electrons. The first-order chi connectivity index (χ1) is 18.4. The molecule has 0 aliphatic carbocycles. The number of hydrogen-bond acceptors (Lipinski definition) is 4. The van der Waals surface area contributed by atoms with E-state index in [1.165, 1.54) is 19.1 Å². The van der Waals surface area contributed by atoms with Crippen LogP contribution in [0.5, 0.6) is 11.5 Å². The van der Waals surface area contributed by atoms with Gasteiger partial charge in [0, 0.05) is 5.56 Å². The minimum atomic E-state index is -4.42. The van der Waals surface area contributed by atoms with E-state index in [4.69, 9.17) is 14.6 Å². The summed E-state index contributed by atoms with van der Waals surface area (Å²) in [6, 6.07) is 17.6. The summed E-state index contributed by atoms with van der Waals surface area (Å²) >= 11 is 0. The molecule has 3 aromatic carbocycles. The molecule has 5 nitrogen and oxygen atoms in total. The third kappa shape index (κ3) is 8.66. The molecule has 0 fully saturated rings. The Labute approximate surface area is 226 Å². The van der Waals surface area contributed by atoms with Crippen molar-refractivity contribution in [1.29, 1.82) is 0 Å². The zero-order chi connectivity index (χ0) is 28.6. The van der Waals surface area contributed by atoms with Gasteiger partial charge in [-0.1, -0.05) is 36.1 Å². The molecule has 1 N–H and O–H groups in total. The van der Waals surface area contributed by atoms with Crippen molar-refractivity contribution in [3.05, 3.63) is 101 Å². The van der Waals surface area contributed by atoms with Crippen LogP contribution in [0, 0.1) is 18.8 Å². The fraction of sp³-hybridized carbons (Fsp3) is 0.258. The van der Waals surface area contributed by atoms with Crippen molar-refractivity contribution < 1.29 is 32.5 Å². The number of carboxylic acids is 1. The van der Waals surface area contributed by atoms with E-state index in [1.807, 2.05) is 49.3 Å². The molecule has 0 radical (unpaired) electrons. The Morgan fingerprint density at radius 1 is 1.03 bits per heavy atom. The van der Waals surface area contributed by atoms with Crippen LogP contribution in [0.4, 0.5) is 13.2 Å². The molecule has 0 bridgehead atoms. The number of carboxylic acid groups (broad SMARTS) is 1. The lowest BCUT2D eigenvalue weighted by atomic mass is 9.96.